The third-order valence-corrected chi connectivity index (χ3v) is 2.39. The topological polar surface area (TPSA) is 78.3 Å². The molecular weight excluding hydrogens is 247 g/mol. The van der Waals surface area contributed by atoms with Crippen LogP contribution in [0.5, 0.6) is 5.75 Å². The summed E-state index contributed by atoms with van der Waals surface area (Å²) < 4.78 is 18.5. The molecule has 0 bridgehead atoms. The molecular formula is C14H23FN2O2. The average Bonchev–Trinajstić information content (AvgIpc) is 2.43. The molecule has 4 N–H and O–H groups in total. The van der Waals surface area contributed by atoms with E-state index in [0.29, 0.717) is 12.0 Å². The molecule has 1 heterocycles. The number of amides is 1. The highest BCUT2D eigenvalue weighted by atomic mass is 19.1. The lowest BCUT2D eigenvalue weighted by Crippen LogP contribution is -2.35. The minimum absolute atomic E-state index is 0.105. The van der Waals surface area contributed by atoms with E-state index in [1.54, 1.807) is 0 Å². The third-order valence-electron chi connectivity index (χ3n) is 2.39. The lowest BCUT2D eigenvalue weighted by molar-refractivity contribution is 0.0997. The van der Waals surface area contributed by atoms with Crippen molar-refractivity contribution < 1.29 is 13.9 Å². The van der Waals surface area contributed by atoms with E-state index in [1.165, 1.54) is 12.1 Å². The van der Waals surface area contributed by atoms with E-state index in [1.807, 2.05) is 27.7 Å². The number of carbonyl (C=O) groups excluding carboxylic acids is 1. The molecule has 0 spiro atoms. The summed E-state index contributed by atoms with van der Waals surface area (Å²) in [5, 5.41) is 0. The van der Waals surface area contributed by atoms with Crippen LogP contribution in [0.4, 0.5) is 4.39 Å². The Morgan fingerprint density at radius 3 is 2.42 bits per heavy atom. The van der Waals surface area contributed by atoms with Gasteiger partial charge in [-0.1, -0.05) is 27.7 Å². The molecule has 5 heteroatoms. The van der Waals surface area contributed by atoms with Gasteiger partial charge in [0.2, 0.25) is 5.91 Å². The smallest absolute Gasteiger partial charge is 0.249 e. The summed E-state index contributed by atoms with van der Waals surface area (Å²) in [4.78, 5) is 11.1. The maximum Gasteiger partial charge on any atom is 0.249 e. The number of benzene rings is 1. The zero-order chi connectivity index (χ0) is 15.0. The van der Waals surface area contributed by atoms with Crippen LogP contribution in [0.1, 0.15) is 43.6 Å². The summed E-state index contributed by atoms with van der Waals surface area (Å²) in [6.45, 7) is 8.26. The van der Waals surface area contributed by atoms with E-state index in [2.05, 4.69) is 0 Å². The van der Waals surface area contributed by atoms with Gasteiger partial charge in [0.15, 0.2) is 11.6 Å². The molecule has 1 unspecified atom stereocenters. The van der Waals surface area contributed by atoms with Crippen molar-refractivity contribution in [2.24, 2.45) is 11.5 Å². The molecule has 1 aromatic carbocycles. The second-order valence-electron chi connectivity index (χ2n) is 3.54. The van der Waals surface area contributed by atoms with Crippen molar-refractivity contribution >= 4 is 5.91 Å². The SMILES string of the molecule is CC.CC.NC(=O)c1ccc(F)c2c1CC(N)CO2. The molecule has 1 aromatic rings. The van der Waals surface area contributed by atoms with Gasteiger partial charge in [-0.2, -0.15) is 0 Å². The summed E-state index contributed by atoms with van der Waals surface area (Å²) in [5.74, 6) is -0.973. The zero-order valence-corrected chi connectivity index (χ0v) is 12.0. The summed E-state index contributed by atoms with van der Waals surface area (Å²) in [5.41, 5.74) is 11.6. The first kappa shape index (κ1) is 17.4. The number of halogens is 1. The van der Waals surface area contributed by atoms with Gasteiger partial charge in [-0.3, -0.25) is 4.79 Å². The van der Waals surface area contributed by atoms with Gasteiger partial charge >= 0.3 is 0 Å². The van der Waals surface area contributed by atoms with Gasteiger partial charge in [-0.15, -0.1) is 0 Å². The van der Waals surface area contributed by atoms with Crippen molar-refractivity contribution in [3.05, 3.63) is 29.1 Å². The first-order chi connectivity index (χ1) is 9.09. The van der Waals surface area contributed by atoms with Gasteiger partial charge in [0.05, 0.1) is 0 Å². The monoisotopic (exact) mass is 270 g/mol. The third kappa shape index (κ3) is 4.21. The van der Waals surface area contributed by atoms with Crippen molar-refractivity contribution in [1.82, 2.24) is 0 Å². The number of hydrogen-bond acceptors (Lipinski definition) is 3. The standard InChI is InChI=1S/C10H11FN2O2.2C2H6/c11-8-2-1-6(10(13)14)7-3-5(12)4-15-9(7)8;2*1-2/h1-2,5H,3-4,12H2,(H2,13,14);2*1-2H3. The van der Waals surface area contributed by atoms with Crippen LogP contribution in [0.2, 0.25) is 0 Å². The van der Waals surface area contributed by atoms with Crippen LogP contribution in [0.15, 0.2) is 12.1 Å². The molecule has 0 fully saturated rings. The van der Waals surface area contributed by atoms with E-state index in [0.717, 1.165) is 0 Å². The predicted octanol–water partition coefficient (Wildman–Crippen LogP) is 2.24. The molecule has 0 saturated heterocycles. The van der Waals surface area contributed by atoms with Crippen LogP contribution < -0.4 is 16.2 Å². The lowest BCUT2D eigenvalue weighted by atomic mass is 9.97. The first-order valence-corrected chi connectivity index (χ1v) is 6.59. The minimum Gasteiger partial charge on any atom is -0.489 e. The highest BCUT2D eigenvalue weighted by Gasteiger charge is 2.24. The Balaban J connectivity index is 0.000000741. The summed E-state index contributed by atoms with van der Waals surface area (Å²) in [6.07, 6.45) is 0.408. The Labute approximate surface area is 113 Å². The van der Waals surface area contributed by atoms with Crippen molar-refractivity contribution in [2.75, 3.05) is 6.61 Å². The number of fused-ring (bicyclic) bond motifs is 1. The number of carbonyl (C=O) groups is 1. The fourth-order valence-electron chi connectivity index (χ4n) is 1.70. The van der Waals surface area contributed by atoms with Gasteiger partial charge in [-0.05, 0) is 18.6 Å². The highest BCUT2D eigenvalue weighted by Crippen LogP contribution is 2.30. The molecule has 1 amide bonds. The van der Waals surface area contributed by atoms with Crippen LogP contribution >= 0.6 is 0 Å². The number of hydrogen-bond donors (Lipinski definition) is 2. The van der Waals surface area contributed by atoms with Crippen molar-refractivity contribution in [3.63, 3.8) is 0 Å². The van der Waals surface area contributed by atoms with Crippen LogP contribution in [0.25, 0.3) is 0 Å². The molecule has 108 valence electrons. The van der Waals surface area contributed by atoms with E-state index in [9.17, 15) is 9.18 Å². The van der Waals surface area contributed by atoms with Gasteiger partial charge in [-0.25, -0.2) is 4.39 Å². The number of ether oxygens (including phenoxy) is 1. The average molecular weight is 270 g/mol. The molecule has 2 rings (SSSR count). The second kappa shape index (κ2) is 8.48. The number of nitrogens with two attached hydrogens (primary N) is 2. The number of primary amides is 1. The van der Waals surface area contributed by atoms with Crippen molar-refractivity contribution in [2.45, 2.75) is 40.2 Å². The molecule has 1 aliphatic rings. The zero-order valence-electron chi connectivity index (χ0n) is 12.0. The summed E-state index contributed by atoms with van der Waals surface area (Å²) >= 11 is 0. The van der Waals surface area contributed by atoms with E-state index < -0.39 is 11.7 Å². The van der Waals surface area contributed by atoms with Crippen molar-refractivity contribution in [3.8, 4) is 5.75 Å². The molecule has 1 aliphatic heterocycles. The summed E-state index contributed by atoms with van der Waals surface area (Å²) in [7, 11) is 0. The van der Waals surface area contributed by atoms with Crippen molar-refractivity contribution in [1.29, 1.82) is 0 Å². The maximum absolute atomic E-state index is 13.3. The van der Waals surface area contributed by atoms with Gasteiger partial charge in [0.1, 0.15) is 6.61 Å². The predicted molar refractivity (Wildman–Crippen MR) is 74.8 cm³/mol. The molecule has 4 nitrogen and oxygen atoms in total. The van der Waals surface area contributed by atoms with Gasteiger partial charge < -0.3 is 16.2 Å². The molecule has 1 atom stereocenters. The van der Waals surface area contributed by atoms with E-state index in [4.69, 9.17) is 16.2 Å². The molecule has 19 heavy (non-hydrogen) atoms. The largest absolute Gasteiger partial charge is 0.489 e. The first-order valence-electron chi connectivity index (χ1n) is 6.59. The fourth-order valence-corrected chi connectivity index (χ4v) is 1.70. The quantitative estimate of drug-likeness (QED) is 0.821. The Hall–Kier alpha value is -1.62. The maximum atomic E-state index is 13.3. The highest BCUT2D eigenvalue weighted by molar-refractivity contribution is 5.95. The Kier molecular flexibility index (Phi) is 7.75. The Morgan fingerprint density at radius 1 is 1.32 bits per heavy atom. The number of rotatable bonds is 1. The van der Waals surface area contributed by atoms with E-state index >= 15 is 0 Å². The molecule has 0 saturated carbocycles. The Bertz CT molecular complexity index is 422. The van der Waals surface area contributed by atoms with E-state index in [-0.39, 0.29) is 24.0 Å². The Morgan fingerprint density at radius 2 is 1.89 bits per heavy atom. The molecule has 0 aromatic heterocycles. The van der Waals surface area contributed by atoms with Crippen LogP contribution in [0, 0.1) is 5.82 Å². The molecule has 0 radical (unpaired) electrons. The second-order valence-corrected chi connectivity index (χ2v) is 3.54. The van der Waals surface area contributed by atoms with Crippen LogP contribution in [-0.4, -0.2) is 18.6 Å². The lowest BCUT2D eigenvalue weighted by Gasteiger charge is -2.24. The van der Waals surface area contributed by atoms with Crippen LogP contribution in [0.3, 0.4) is 0 Å². The van der Waals surface area contributed by atoms with Gasteiger partial charge in [0.25, 0.3) is 0 Å². The van der Waals surface area contributed by atoms with Gasteiger partial charge in [0, 0.05) is 17.2 Å². The minimum atomic E-state index is -0.594. The fraction of sp³-hybridized carbons (Fsp3) is 0.500. The normalized spacial score (nSPS) is 15.8. The molecule has 0 aliphatic carbocycles. The summed E-state index contributed by atoms with van der Waals surface area (Å²) in [6, 6.07) is 2.31. The van der Waals surface area contributed by atoms with Crippen LogP contribution in [-0.2, 0) is 6.42 Å².